The van der Waals surface area contributed by atoms with Crippen molar-refractivity contribution in [3.05, 3.63) is 47.0 Å². The minimum atomic E-state index is -1.74. The zero-order valence-corrected chi connectivity index (χ0v) is 24.7. The molecule has 0 aromatic heterocycles. The van der Waals surface area contributed by atoms with Crippen LogP contribution in [0.5, 0.6) is 0 Å². The molecular weight excluding hydrogens is 548 g/mol. The van der Waals surface area contributed by atoms with E-state index in [2.05, 4.69) is 0 Å². The number of esters is 3. The highest BCUT2D eigenvalue weighted by Crippen LogP contribution is 2.68. The van der Waals surface area contributed by atoms with Crippen LogP contribution in [0.4, 0.5) is 0 Å². The highest BCUT2D eigenvalue weighted by atomic mass is 16.6. The molecule has 1 aliphatic heterocycles. The molecular formula is C31H40O11. The van der Waals surface area contributed by atoms with E-state index in [9.17, 15) is 34.8 Å². The predicted octanol–water partition coefficient (Wildman–Crippen LogP) is 1.44. The Hall–Kier alpha value is -2.83. The van der Waals surface area contributed by atoms with Gasteiger partial charge in [0.2, 0.25) is 0 Å². The summed E-state index contributed by atoms with van der Waals surface area (Å²) in [4.78, 5) is 38.8. The van der Waals surface area contributed by atoms with E-state index >= 15 is 0 Å². The normalized spacial score (nSPS) is 41.0. The van der Waals surface area contributed by atoms with Gasteiger partial charge >= 0.3 is 17.9 Å². The Balaban J connectivity index is 1.80. The third-order valence-corrected chi connectivity index (χ3v) is 10.3. The van der Waals surface area contributed by atoms with Crippen molar-refractivity contribution in [2.45, 2.75) is 102 Å². The van der Waals surface area contributed by atoms with Crippen LogP contribution in [-0.4, -0.2) is 92.8 Å². The van der Waals surface area contributed by atoms with Gasteiger partial charge in [0.25, 0.3) is 0 Å². The Labute approximate surface area is 244 Å². The van der Waals surface area contributed by atoms with Gasteiger partial charge in [-0.15, -0.1) is 0 Å². The lowest BCUT2D eigenvalue weighted by Gasteiger charge is -2.65. The second-order valence-corrected chi connectivity index (χ2v) is 13.0. The lowest BCUT2D eigenvalue weighted by molar-refractivity contribution is -0.351. The van der Waals surface area contributed by atoms with Gasteiger partial charge in [0, 0.05) is 25.7 Å². The summed E-state index contributed by atoms with van der Waals surface area (Å²) >= 11 is 0. The molecule has 11 nitrogen and oxygen atoms in total. The molecule has 1 heterocycles. The van der Waals surface area contributed by atoms with E-state index in [0.717, 1.165) is 0 Å². The number of benzene rings is 1. The molecule has 5 unspecified atom stereocenters. The van der Waals surface area contributed by atoms with Crippen LogP contribution in [-0.2, 0) is 28.5 Å². The fraction of sp³-hybridized carbons (Fsp3) is 0.645. The van der Waals surface area contributed by atoms with Gasteiger partial charge in [-0.3, -0.25) is 9.59 Å². The van der Waals surface area contributed by atoms with E-state index < -0.39 is 82.5 Å². The Morgan fingerprint density at radius 2 is 1.67 bits per heavy atom. The molecule has 230 valence electrons. The summed E-state index contributed by atoms with van der Waals surface area (Å²) in [6.45, 7) is 8.47. The zero-order chi connectivity index (χ0) is 31.0. The first kappa shape index (κ1) is 30.6. The first-order valence-corrected chi connectivity index (χ1v) is 14.2. The van der Waals surface area contributed by atoms with Gasteiger partial charge in [-0.25, -0.2) is 4.79 Å². The van der Waals surface area contributed by atoms with Gasteiger partial charge in [-0.1, -0.05) is 25.1 Å². The third-order valence-electron chi connectivity index (χ3n) is 10.3. The fourth-order valence-electron chi connectivity index (χ4n) is 8.35. The van der Waals surface area contributed by atoms with Gasteiger partial charge in [0.05, 0.1) is 41.3 Å². The first-order chi connectivity index (χ1) is 19.5. The number of aliphatic hydroxyl groups is 4. The van der Waals surface area contributed by atoms with Crippen molar-refractivity contribution < 1.29 is 53.8 Å². The fourth-order valence-corrected chi connectivity index (χ4v) is 8.35. The SMILES string of the molecule is CC(=O)OC1C2[C@](C)(C(O)[C@H](O)C3=C(C)C(O)CC31C(C)(C)O)[C@@H](OC(=O)c1ccccc1)C[C@H]1OC[C@@]21OC(C)=O. The number of fused-ring (bicyclic) bond motifs is 4. The summed E-state index contributed by atoms with van der Waals surface area (Å²) in [7, 11) is 0. The average molecular weight is 589 g/mol. The van der Waals surface area contributed by atoms with Crippen molar-refractivity contribution in [3.8, 4) is 0 Å². The summed E-state index contributed by atoms with van der Waals surface area (Å²) in [5.74, 6) is -3.22. The van der Waals surface area contributed by atoms with E-state index in [1.165, 1.54) is 27.7 Å². The van der Waals surface area contributed by atoms with E-state index in [1.807, 2.05) is 0 Å². The first-order valence-electron chi connectivity index (χ1n) is 14.2. The molecule has 4 aliphatic rings. The second-order valence-electron chi connectivity index (χ2n) is 13.0. The minimum absolute atomic E-state index is 0.00555. The highest BCUT2D eigenvalue weighted by molar-refractivity contribution is 5.89. The third kappa shape index (κ3) is 4.16. The maximum atomic E-state index is 13.4. The molecule has 4 N–H and O–H groups in total. The summed E-state index contributed by atoms with van der Waals surface area (Å²) in [6.07, 6.45) is -7.94. The van der Waals surface area contributed by atoms with E-state index in [-0.39, 0.29) is 30.6 Å². The van der Waals surface area contributed by atoms with Gasteiger partial charge in [0.1, 0.15) is 24.4 Å². The molecule has 0 bridgehead atoms. The standard InChI is InChI=1S/C31H40O11/c1-15-19(34)13-30(28(4,5)38)22(15)23(35)25(36)29(6)20(41-27(37)18-10-8-7-9-11-18)12-21-31(14-39-21,42-17(3)33)24(29)26(30)40-16(2)32/h7-11,19-21,23-26,34-36,38H,12-14H2,1-6H3/t19?,20-,21+,23+,24?,25?,26?,29+,30?,31-/m0/s1. The molecule has 1 aromatic rings. The van der Waals surface area contributed by atoms with Gasteiger partial charge in [-0.05, 0) is 50.5 Å². The van der Waals surface area contributed by atoms with Crippen molar-refractivity contribution in [3.63, 3.8) is 0 Å². The smallest absolute Gasteiger partial charge is 0.338 e. The van der Waals surface area contributed by atoms with Crippen molar-refractivity contribution in [2.75, 3.05) is 6.61 Å². The molecule has 0 amide bonds. The van der Waals surface area contributed by atoms with Crippen LogP contribution in [0, 0.1) is 16.7 Å². The molecule has 10 atom stereocenters. The molecule has 5 rings (SSSR count). The number of aliphatic hydroxyl groups excluding tert-OH is 3. The molecule has 3 fully saturated rings. The maximum Gasteiger partial charge on any atom is 0.338 e. The summed E-state index contributed by atoms with van der Waals surface area (Å²) in [5.41, 5.74) is -5.74. The lowest BCUT2D eigenvalue weighted by atomic mass is 9.49. The van der Waals surface area contributed by atoms with E-state index in [0.29, 0.717) is 5.57 Å². The number of hydrogen-bond donors (Lipinski definition) is 4. The topological polar surface area (TPSA) is 169 Å². The molecule has 11 heteroatoms. The molecule has 0 radical (unpaired) electrons. The number of carbonyl (C=O) groups excluding carboxylic acids is 3. The van der Waals surface area contributed by atoms with Crippen LogP contribution in [0.25, 0.3) is 0 Å². The minimum Gasteiger partial charge on any atom is -0.461 e. The number of hydrogen-bond acceptors (Lipinski definition) is 11. The summed E-state index contributed by atoms with van der Waals surface area (Å²) < 4.78 is 24.1. The Bertz CT molecular complexity index is 1300. The number of rotatable bonds is 5. The average Bonchev–Trinajstić information content (AvgIpc) is 3.15. The quantitative estimate of drug-likeness (QED) is 0.223. The van der Waals surface area contributed by atoms with E-state index in [4.69, 9.17) is 18.9 Å². The molecule has 1 saturated heterocycles. The predicted molar refractivity (Wildman–Crippen MR) is 146 cm³/mol. The van der Waals surface area contributed by atoms with E-state index in [1.54, 1.807) is 44.2 Å². The van der Waals surface area contributed by atoms with Gasteiger partial charge in [0.15, 0.2) is 5.60 Å². The van der Waals surface area contributed by atoms with Crippen LogP contribution in [0.15, 0.2) is 41.5 Å². The summed E-state index contributed by atoms with van der Waals surface area (Å²) in [5, 5.41) is 47.1. The largest absolute Gasteiger partial charge is 0.461 e. The Kier molecular flexibility index (Phi) is 7.38. The zero-order valence-electron chi connectivity index (χ0n) is 24.7. The molecule has 1 aromatic carbocycles. The monoisotopic (exact) mass is 588 g/mol. The van der Waals surface area contributed by atoms with Crippen LogP contribution in [0.2, 0.25) is 0 Å². The Morgan fingerprint density at radius 1 is 1.02 bits per heavy atom. The van der Waals surface area contributed by atoms with Crippen molar-refractivity contribution >= 4 is 17.9 Å². The van der Waals surface area contributed by atoms with Crippen LogP contribution in [0.1, 0.15) is 64.7 Å². The molecule has 2 saturated carbocycles. The molecule has 0 spiro atoms. The number of carbonyl (C=O) groups is 3. The summed E-state index contributed by atoms with van der Waals surface area (Å²) in [6, 6.07) is 8.27. The molecule has 3 aliphatic carbocycles. The van der Waals surface area contributed by atoms with Crippen LogP contribution in [0.3, 0.4) is 0 Å². The lowest BCUT2D eigenvalue weighted by Crippen LogP contribution is -2.79. The van der Waals surface area contributed by atoms with Gasteiger partial charge in [-0.2, -0.15) is 0 Å². The maximum absolute atomic E-state index is 13.4. The van der Waals surface area contributed by atoms with Crippen LogP contribution < -0.4 is 0 Å². The highest BCUT2D eigenvalue weighted by Gasteiger charge is 2.79. The second kappa shape index (κ2) is 10.1. The number of ether oxygens (including phenoxy) is 4. The Morgan fingerprint density at radius 3 is 2.19 bits per heavy atom. The van der Waals surface area contributed by atoms with Crippen LogP contribution >= 0.6 is 0 Å². The van der Waals surface area contributed by atoms with Crippen molar-refractivity contribution in [1.82, 2.24) is 0 Å². The van der Waals surface area contributed by atoms with Gasteiger partial charge < -0.3 is 39.4 Å². The van der Waals surface area contributed by atoms with Crippen molar-refractivity contribution in [2.24, 2.45) is 16.7 Å². The molecule has 42 heavy (non-hydrogen) atoms. The van der Waals surface area contributed by atoms with Crippen molar-refractivity contribution in [1.29, 1.82) is 0 Å².